The van der Waals surface area contributed by atoms with Crippen LogP contribution in [0.4, 0.5) is 0 Å². The Balaban J connectivity index is 1.81. The molecule has 0 saturated carbocycles. The van der Waals surface area contributed by atoms with Crippen LogP contribution >= 0.6 is 0 Å². The van der Waals surface area contributed by atoms with Crippen molar-refractivity contribution >= 4 is 12.0 Å². The Morgan fingerprint density at radius 2 is 1.69 bits per heavy atom. The van der Waals surface area contributed by atoms with Crippen molar-refractivity contribution in [3.05, 3.63) is 89.0 Å². The minimum atomic E-state index is -1.47. The lowest BCUT2D eigenvalue weighted by molar-refractivity contribution is -0.145. The van der Waals surface area contributed by atoms with E-state index < -0.39 is 18.1 Å². The van der Waals surface area contributed by atoms with Gasteiger partial charge in [-0.15, -0.1) is 0 Å². The first-order valence-electron chi connectivity index (χ1n) is 11.5. The molecule has 0 bridgehead atoms. The Morgan fingerprint density at radius 1 is 1.03 bits per heavy atom. The summed E-state index contributed by atoms with van der Waals surface area (Å²) in [6.07, 6.45) is 4.90. The van der Waals surface area contributed by atoms with Gasteiger partial charge in [0.1, 0.15) is 17.0 Å². The fraction of sp³-hybridized carbons (Fsp3) is 0.276. The number of rotatable bonds is 11. The lowest BCUT2D eigenvalue weighted by atomic mass is 9.95. The fourth-order valence-corrected chi connectivity index (χ4v) is 3.91. The van der Waals surface area contributed by atoms with E-state index in [-0.39, 0.29) is 6.54 Å². The maximum absolute atomic E-state index is 11.5. The lowest BCUT2D eigenvalue weighted by Crippen LogP contribution is -2.52. The predicted molar refractivity (Wildman–Crippen MR) is 139 cm³/mol. The fourth-order valence-electron chi connectivity index (χ4n) is 3.91. The predicted octanol–water partition coefficient (Wildman–Crippen LogP) is 4.86. The van der Waals surface area contributed by atoms with Crippen LogP contribution in [0.2, 0.25) is 0 Å². The van der Waals surface area contributed by atoms with Gasteiger partial charge in [-0.05, 0) is 60.2 Å². The van der Waals surface area contributed by atoms with Crippen molar-refractivity contribution in [1.29, 1.82) is 0 Å². The van der Waals surface area contributed by atoms with Crippen LogP contribution in [0.3, 0.4) is 0 Å². The number of carbonyl (C=O) groups is 1. The molecule has 0 aliphatic rings. The van der Waals surface area contributed by atoms with E-state index in [9.17, 15) is 15.0 Å². The number of hydrogen-bond acceptors (Lipinski definition) is 5. The Kier molecular flexibility index (Phi) is 8.68. The van der Waals surface area contributed by atoms with E-state index in [1.54, 1.807) is 14.2 Å². The van der Waals surface area contributed by atoms with E-state index >= 15 is 0 Å². The number of ether oxygens (including phenoxy) is 2. The number of carboxylic acid groups (broad SMARTS) is 1. The van der Waals surface area contributed by atoms with Crippen molar-refractivity contribution in [2.45, 2.75) is 32.4 Å². The molecule has 3 N–H and O–H groups in total. The largest absolute Gasteiger partial charge is 0.496 e. The molecule has 6 heteroatoms. The highest BCUT2D eigenvalue weighted by Gasteiger charge is 2.32. The van der Waals surface area contributed by atoms with Crippen LogP contribution in [-0.4, -0.2) is 42.5 Å². The van der Waals surface area contributed by atoms with Crippen molar-refractivity contribution in [2.24, 2.45) is 0 Å². The molecule has 3 rings (SSSR count). The van der Waals surface area contributed by atoms with E-state index in [0.717, 1.165) is 12.0 Å². The standard InChI is InChI=1S/C29H33NO5/c1-20-22(14-9-15-24(20)23-11-6-5-7-12-23)13-8-10-21-16-26(34-3)25(27(17-21)35-4)18-30-29(2,19-31)28(32)33/h5-12,14-17,30-31H,13,18-19H2,1-4H3,(H,32,33)/b10-8+. The monoisotopic (exact) mass is 475 g/mol. The van der Waals surface area contributed by atoms with E-state index in [0.29, 0.717) is 17.1 Å². The minimum absolute atomic E-state index is 0.158. The van der Waals surface area contributed by atoms with Gasteiger partial charge in [-0.1, -0.05) is 60.7 Å². The number of benzene rings is 3. The molecule has 3 aromatic rings. The number of aliphatic carboxylic acids is 1. The summed E-state index contributed by atoms with van der Waals surface area (Å²) in [5.41, 5.74) is 5.05. The molecule has 0 saturated heterocycles. The zero-order chi connectivity index (χ0) is 25.4. The summed E-state index contributed by atoms with van der Waals surface area (Å²) in [5.74, 6) is 0.0120. The maximum Gasteiger partial charge on any atom is 0.326 e. The quantitative estimate of drug-likeness (QED) is 0.367. The van der Waals surface area contributed by atoms with Crippen LogP contribution in [-0.2, 0) is 17.8 Å². The molecular weight excluding hydrogens is 442 g/mol. The first-order valence-corrected chi connectivity index (χ1v) is 11.5. The van der Waals surface area contributed by atoms with Crippen LogP contribution in [0.25, 0.3) is 17.2 Å². The van der Waals surface area contributed by atoms with Gasteiger partial charge in [0.2, 0.25) is 0 Å². The molecule has 0 radical (unpaired) electrons. The Morgan fingerprint density at radius 3 is 2.26 bits per heavy atom. The number of hydrogen-bond donors (Lipinski definition) is 3. The molecule has 3 aromatic carbocycles. The molecule has 184 valence electrons. The number of allylic oxidation sites excluding steroid dienone is 1. The molecule has 0 aliphatic heterocycles. The third-order valence-electron chi connectivity index (χ3n) is 6.25. The van der Waals surface area contributed by atoms with Crippen molar-refractivity contribution in [3.63, 3.8) is 0 Å². The van der Waals surface area contributed by atoms with Crippen molar-refractivity contribution in [1.82, 2.24) is 5.32 Å². The normalized spacial score (nSPS) is 12.9. The average molecular weight is 476 g/mol. The second kappa shape index (κ2) is 11.7. The Bertz CT molecular complexity index is 1160. The SMILES string of the molecule is COc1cc(/C=C/Cc2cccc(-c3ccccc3)c2C)cc(OC)c1CNC(C)(CO)C(=O)O. The topological polar surface area (TPSA) is 88.0 Å². The third kappa shape index (κ3) is 6.10. The summed E-state index contributed by atoms with van der Waals surface area (Å²) < 4.78 is 11.1. The number of aliphatic hydroxyl groups excluding tert-OH is 1. The second-order valence-corrected chi connectivity index (χ2v) is 8.62. The molecule has 6 nitrogen and oxygen atoms in total. The van der Waals surface area contributed by atoms with E-state index in [4.69, 9.17) is 9.47 Å². The van der Waals surface area contributed by atoms with Gasteiger partial charge in [0.05, 0.1) is 20.8 Å². The van der Waals surface area contributed by atoms with Gasteiger partial charge in [0.15, 0.2) is 0 Å². The molecule has 0 amide bonds. The first-order chi connectivity index (χ1) is 16.8. The molecular formula is C29H33NO5. The first kappa shape index (κ1) is 26.0. The van der Waals surface area contributed by atoms with Crippen molar-refractivity contribution in [3.8, 4) is 22.6 Å². The van der Waals surface area contributed by atoms with Gasteiger partial charge in [-0.3, -0.25) is 10.1 Å². The highest BCUT2D eigenvalue weighted by atomic mass is 16.5. The molecule has 1 atom stereocenters. The zero-order valence-corrected chi connectivity index (χ0v) is 20.7. The molecule has 0 heterocycles. The highest BCUT2D eigenvalue weighted by Crippen LogP contribution is 2.32. The number of aliphatic hydroxyl groups is 1. The molecule has 0 fully saturated rings. The molecule has 1 unspecified atom stereocenters. The summed E-state index contributed by atoms with van der Waals surface area (Å²) in [6, 6.07) is 20.5. The van der Waals surface area contributed by atoms with Gasteiger partial charge < -0.3 is 19.7 Å². The summed E-state index contributed by atoms with van der Waals surface area (Å²) in [5, 5.41) is 21.8. The minimum Gasteiger partial charge on any atom is -0.496 e. The summed E-state index contributed by atoms with van der Waals surface area (Å²) in [6.45, 7) is 3.20. The lowest BCUT2D eigenvalue weighted by Gasteiger charge is -2.25. The van der Waals surface area contributed by atoms with E-state index in [1.807, 2.05) is 36.4 Å². The number of nitrogens with one attached hydrogen (secondary N) is 1. The van der Waals surface area contributed by atoms with Gasteiger partial charge in [0.25, 0.3) is 0 Å². The average Bonchev–Trinajstić information content (AvgIpc) is 2.88. The van der Waals surface area contributed by atoms with Gasteiger partial charge in [-0.2, -0.15) is 0 Å². The van der Waals surface area contributed by atoms with E-state index in [1.165, 1.54) is 29.2 Å². The summed E-state index contributed by atoms with van der Waals surface area (Å²) >= 11 is 0. The zero-order valence-electron chi connectivity index (χ0n) is 20.7. The Hall–Kier alpha value is -3.61. The maximum atomic E-state index is 11.5. The third-order valence-corrected chi connectivity index (χ3v) is 6.25. The van der Waals surface area contributed by atoms with Crippen LogP contribution in [0.5, 0.6) is 11.5 Å². The van der Waals surface area contributed by atoms with Crippen molar-refractivity contribution in [2.75, 3.05) is 20.8 Å². The van der Waals surface area contributed by atoms with Crippen LogP contribution in [0.1, 0.15) is 29.2 Å². The smallest absolute Gasteiger partial charge is 0.326 e. The number of carboxylic acids is 1. The van der Waals surface area contributed by atoms with Crippen molar-refractivity contribution < 1.29 is 24.5 Å². The highest BCUT2D eigenvalue weighted by molar-refractivity contribution is 5.78. The molecule has 0 aromatic heterocycles. The van der Waals surface area contributed by atoms with Gasteiger partial charge >= 0.3 is 5.97 Å². The Labute approximate surface area is 206 Å². The molecule has 0 spiro atoms. The van der Waals surface area contributed by atoms with Crippen LogP contribution in [0, 0.1) is 6.92 Å². The summed E-state index contributed by atoms with van der Waals surface area (Å²) in [7, 11) is 3.12. The molecule has 35 heavy (non-hydrogen) atoms. The second-order valence-electron chi connectivity index (χ2n) is 8.62. The summed E-state index contributed by atoms with van der Waals surface area (Å²) in [4.78, 5) is 11.5. The number of methoxy groups -OCH3 is 2. The van der Waals surface area contributed by atoms with Crippen LogP contribution in [0.15, 0.2) is 66.7 Å². The van der Waals surface area contributed by atoms with Gasteiger partial charge in [0, 0.05) is 12.1 Å². The van der Waals surface area contributed by atoms with E-state index in [2.05, 4.69) is 48.6 Å². The molecule has 0 aliphatic carbocycles. The van der Waals surface area contributed by atoms with Crippen LogP contribution < -0.4 is 14.8 Å². The van der Waals surface area contributed by atoms with Gasteiger partial charge in [-0.25, -0.2) is 0 Å².